The van der Waals surface area contributed by atoms with Gasteiger partial charge in [0.2, 0.25) is 11.2 Å². The molecule has 8 nitrogen and oxygen atoms in total. The fraction of sp³-hybridized carbons (Fsp3) is 0.345. The van der Waals surface area contributed by atoms with Gasteiger partial charge in [-0.05, 0) is 90.1 Å². The van der Waals surface area contributed by atoms with Crippen molar-refractivity contribution in [2.75, 3.05) is 9.74 Å². The van der Waals surface area contributed by atoms with E-state index in [2.05, 4.69) is 99.2 Å². The van der Waals surface area contributed by atoms with Crippen molar-refractivity contribution in [3.05, 3.63) is 191 Å². The standard InChI is InChI=1S/C27H25BrClF3N4.C15H20BrF3IN2.C13H8Cl2N2/c28-18-11-8-17(9-12-18)25(27(30,31)32)34-19-5-3-6-20(14-19)35-26-33-15-23(29)24(36-26)22-13-10-16-4-1-2-7-21(16)22;16-12-6-4-11(5-7-12)14(15(17,18)19)22-13-3-1-2-10(8-13)9-20-21;14-11-7-16-13(15)17-12(11)10-6-5-8-3-1-2-4-9(8)10/h1-2,4,7-9,11-13,15,19-20,25,34H,3,5-6,10,14H2,(H,33,35,36);4-7,10,13-14,22H,1-3,8-9,21H2;1-4,6-7H,5H2/q;-1;/t19-,20+,25+;10-,13+,14-;/m01./s1. The van der Waals surface area contributed by atoms with Gasteiger partial charge < -0.3 is 5.32 Å². The number of allylic oxidation sites excluding steroid dienone is 2. The number of rotatable bonds is 12. The molecule has 0 bridgehead atoms. The van der Waals surface area contributed by atoms with Crippen LogP contribution in [0.25, 0.3) is 11.1 Å². The van der Waals surface area contributed by atoms with E-state index >= 15 is 0 Å². The zero-order valence-corrected chi connectivity index (χ0v) is 47.8. The topological polar surface area (TPSA) is 114 Å². The van der Waals surface area contributed by atoms with Crippen LogP contribution in [0.2, 0.25) is 15.3 Å². The van der Waals surface area contributed by atoms with Crippen molar-refractivity contribution in [1.29, 1.82) is 0 Å². The first-order chi connectivity index (χ1) is 35.9. The average Bonchev–Trinajstić information content (AvgIpc) is 4.02. The number of nitrogens with one attached hydrogen (secondary N) is 3. The van der Waals surface area contributed by atoms with E-state index in [1.165, 1.54) is 47.2 Å². The molecule has 2 heterocycles. The molecule has 20 heteroatoms. The number of benzene rings is 4. The number of fused-ring (bicyclic) bond motifs is 2. The molecule has 6 atom stereocenters. The molecule has 0 amide bonds. The summed E-state index contributed by atoms with van der Waals surface area (Å²) in [5.41, 5.74) is 8.65. The first-order valence-corrected chi connectivity index (χ1v) is 29.9. The predicted octanol–water partition coefficient (Wildman–Crippen LogP) is 12.4. The number of nitrogens with two attached hydrogens (primary N) is 1. The summed E-state index contributed by atoms with van der Waals surface area (Å²) >= 11 is 24.7. The van der Waals surface area contributed by atoms with Crippen molar-refractivity contribution >= 4 is 83.8 Å². The van der Waals surface area contributed by atoms with Crippen molar-refractivity contribution in [3.8, 4) is 0 Å². The molecule has 4 aliphatic rings. The summed E-state index contributed by atoms with van der Waals surface area (Å²) in [5.74, 6) is 0.925. The Hall–Kier alpha value is -3.66. The number of alkyl halides is 7. The van der Waals surface area contributed by atoms with E-state index in [0.29, 0.717) is 46.1 Å². The summed E-state index contributed by atoms with van der Waals surface area (Å²) in [6.45, 7) is 0. The van der Waals surface area contributed by atoms with Gasteiger partial charge in [0.05, 0.1) is 33.8 Å². The van der Waals surface area contributed by atoms with E-state index in [9.17, 15) is 26.3 Å². The van der Waals surface area contributed by atoms with Crippen LogP contribution in [0.5, 0.6) is 0 Å². The average molecular weight is 1330 g/mol. The minimum atomic E-state index is -4.40. The predicted molar refractivity (Wildman–Crippen MR) is 290 cm³/mol. The Morgan fingerprint density at radius 2 is 1.07 bits per heavy atom. The molecule has 2 saturated carbocycles. The molecule has 5 N–H and O–H groups in total. The second kappa shape index (κ2) is 26.3. The second-order valence-electron chi connectivity index (χ2n) is 18.8. The zero-order chi connectivity index (χ0) is 53.3. The maximum absolute atomic E-state index is 13.9. The molecule has 4 aliphatic carbocycles. The van der Waals surface area contributed by atoms with Crippen LogP contribution in [0.3, 0.4) is 0 Å². The van der Waals surface area contributed by atoms with Crippen LogP contribution >= 0.6 is 66.7 Å². The van der Waals surface area contributed by atoms with E-state index < -0.39 is 24.4 Å². The Bertz CT molecular complexity index is 2950. The molecule has 0 spiro atoms. The number of anilines is 1. The van der Waals surface area contributed by atoms with Gasteiger partial charge in [0.15, 0.2) is 0 Å². The van der Waals surface area contributed by atoms with Gasteiger partial charge in [-0.2, -0.15) is 13.2 Å². The third kappa shape index (κ3) is 15.6. The van der Waals surface area contributed by atoms with Gasteiger partial charge in [0, 0.05) is 27.7 Å². The Morgan fingerprint density at radius 1 is 0.600 bits per heavy atom. The fourth-order valence-corrected chi connectivity index (χ4v) is 12.6. The Kier molecular flexibility index (Phi) is 20.2. The molecule has 75 heavy (non-hydrogen) atoms. The third-order valence-electron chi connectivity index (χ3n) is 13.6. The first kappa shape index (κ1) is 57.5. The van der Waals surface area contributed by atoms with Crippen LogP contribution < -0.4 is 41.4 Å². The molecule has 0 radical (unpaired) electrons. The van der Waals surface area contributed by atoms with Crippen LogP contribution in [0.1, 0.15) is 108 Å². The summed E-state index contributed by atoms with van der Waals surface area (Å²) in [4.78, 5) is 17.1. The van der Waals surface area contributed by atoms with Gasteiger partial charge in [-0.3, -0.25) is 5.32 Å². The van der Waals surface area contributed by atoms with E-state index in [0.717, 1.165) is 81.4 Å². The van der Waals surface area contributed by atoms with Gasteiger partial charge in [-0.25, -0.2) is 19.9 Å². The van der Waals surface area contributed by atoms with Crippen molar-refractivity contribution < 1.29 is 47.8 Å². The normalized spacial score (nSPS) is 20.1. The van der Waals surface area contributed by atoms with Crippen LogP contribution in [0.15, 0.2) is 131 Å². The number of hydrogen-bond acceptors (Lipinski definition) is 8. The van der Waals surface area contributed by atoms with Gasteiger partial charge in [-0.15, -0.1) is 0 Å². The fourth-order valence-electron chi connectivity index (χ4n) is 10.1. The van der Waals surface area contributed by atoms with Crippen LogP contribution in [-0.2, 0) is 12.8 Å². The Morgan fingerprint density at radius 3 is 1.59 bits per heavy atom. The molecule has 0 aliphatic heterocycles. The monoisotopic (exact) mass is 1330 g/mol. The van der Waals surface area contributed by atoms with E-state index in [4.69, 9.17) is 43.7 Å². The van der Waals surface area contributed by atoms with Gasteiger partial charge >= 0.3 is 155 Å². The summed E-state index contributed by atoms with van der Waals surface area (Å²) in [6, 6.07) is 25.3. The molecule has 6 aromatic rings. The van der Waals surface area contributed by atoms with Gasteiger partial charge in [0.25, 0.3) is 0 Å². The zero-order valence-electron chi connectivity index (χ0n) is 40.2. The molecule has 398 valence electrons. The Labute approximate surface area is 475 Å². The second-order valence-corrected chi connectivity index (χ2v) is 23.6. The van der Waals surface area contributed by atoms with Crippen LogP contribution in [0, 0.1) is 5.92 Å². The molecule has 0 unspecified atom stereocenters. The van der Waals surface area contributed by atoms with Crippen LogP contribution in [0.4, 0.5) is 32.3 Å². The van der Waals surface area contributed by atoms with Crippen molar-refractivity contribution in [1.82, 2.24) is 30.6 Å². The molecular weight excluding hydrogens is 1280 g/mol. The van der Waals surface area contributed by atoms with Gasteiger partial charge in [-0.1, -0.05) is 112 Å². The van der Waals surface area contributed by atoms with Crippen LogP contribution in [-0.4, -0.2) is 54.8 Å². The molecule has 2 aromatic heterocycles. The quantitative estimate of drug-likeness (QED) is 0.0315. The molecule has 4 aromatic carbocycles. The Balaban J connectivity index is 0.000000163. The van der Waals surface area contributed by atoms with E-state index in [1.54, 1.807) is 30.5 Å². The SMILES string of the molecule is Clc1ncc(Cl)c(C2=CCc3ccccc32)n1.FC(F)(F)[C@H](N[C@H]1CCC[C@@H](Nc2ncc(Cl)c(C3=CCc4ccccc43)n2)C1)c1ccc(Br)cc1.N[I-]C[C@@H]1CCC[C@H](N[C@H](c2ccc(Br)cc2)C(F)(F)F)C1. The summed E-state index contributed by atoms with van der Waals surface area (Å²) in [6.07, 6.45) is 6.95. The summed E-state index contributed by atoms with van der Waals surface area (Å²) < 4.78 is 90.2. The number of halogens is 12. The maximum atomic E-state index is 13.9. The van der Waals surface area contributed by atoms with Crippen molar-refractivity contribution in [2.24, 2.45) is 9.86 Å². The molecular formula is C55H53Br2Cl3F6IN8-. The van der Waals surface area contributed by atoms with E-state index in [1.807, 2.05) is 24.3 Å². The first-order valence-electron chi connectivity index (χ1n) is 24.4. The number of nitrogens with zero attached hydrogens (tertiary/aromatic N) is 4. The number of aromatic nitrogens is 4. The van der Waals surface area contributed by atoms with Crippen molar-refractivity contribution in [3.63, 3.8) is 0 Å². The minimum absolute atomic E-state index is 0.0473. The molecule has 10 rings (SSSR count). The molecule has 2 fully saturated rings. The summed E-state index contributed by atoms with van der Waals surface area (Å²) in [7, 11) is 0. The number of hydrogen-bond donors (Lipinski definition) is 4. The van der Waals surface area contributed by atoms with Crippen molar-refractivity contribution in [2.45, 2.75) is 107 Å². The van der Waals surface area contributed by atoms with Gasteiger partial charge in [0.1, 0.15) is 6.04 Å². The van der Waals surface area contributed by atoms with E-state index in [-0.39, 0.29) is 56.0 Å². The third-order valence-corrected chi connectivity index (χ3v) is 17.1. The molecule has 0 saturated heterocycles. The summed E-state index contributed by atoms with van der Waals surface area (Å²) in [5, 5.41) is 10.3.